The molecular weight excluding hydrogens is 579 g/mol. The maximum absolute atomic E-state index is 12.7. The summed E-state index contributed by atoms with van der Waals surface area (Å²) in [4.78, 5) is 23.3. The van der Waals surface area contributed by atoms with Crippen LogP contribution >= 0.6 is 11.8 Å². The van der Waals surface area contributed by atoms with Crippen molar-refractivity contribution in [3.63, 3.8) is 0 Å². The van der Waals surface area contributed by atoms with Crippen LogP contribution in [0.25, 0.3) is 17.1 Å². The minimum absolute atomic E-state index is 0.0859. The van der Waals surface area contributed by atoms with Gasteiger partial charge >= 0.3 is 12.4 Å². The zero-order chi connectivity index (χ0) is 30.4. The molecule has 5 rings (SSSR count). The molecule has 1 aromatic heterocycles. The fourth-order valence-corrected chi connectivity index (χ4v) is 5.48. The number of rotatable bonds is 8. The van der Waals surface area contributed by atoms with E-state index in [0.29, 0.717) is 27.8 Å². The van der Waals surface area contributed by atoms with Crippen LogP contribution in [-0.4, -0.2) is 51.2 Å². The van der Waals surface area contributed by atoms with Crippen molar-refractivity contribution in [3.8, 4) is 28.9 Å². The third-order valence-corrected chi connectivity index (χ3v) is 7.61. The molecule has 1 fully saturated rings. The molecule has 0 saturated carbocycles. The highest BCUT2D eigenvalue weighted by atomic mass is 32.2. The van der Waals surface area contributed by atoms with Crippen LogP contribution in [-0.2, 0) is 6.42 Å². The first kappa shape index (κ1) is 29.7. The number of carbonyl (C=O) groups excluding carboxylic acids is 1. The summed E-state index contributed by atoms with van der Waals surface area (Å²) < 4.78 is 42.5. The third kappa shape index (κ3) is 7.34. The highest BCUT2D eigenvalue weighted by Gasteiger charge is 2.31. The molecule has 0 bridgehead atoms. The number of ether oxygens (including phenoxy) is 1. The molecule has 1 unspecified atom stereocenters. The molecule has 0 aliphatic carbocycles. The van der Waals surface area contributed by atoms with E-state index in [2.05, 4.69) is 49.1 Å². The first-order chi connectivity index (χ1) is 20.7. The van der Waals surface area contributed by atoms with E-state index in [-0.39, 0.29) is 12.3 Å². The lowest BCUT2D eigenvalue weighted by molar-refractivity contribution is -0.274. The van der Waals surface area contributed by atoms with Gasteiger partial charge in [-0.2, -0.15) is 10.3 Å². The Kier molecular flexibility index (Phi) is 8.96. The van der Waals surface area contributed by atoms with Crippen LogP contribution in [0.5, 0.6) is 5.75 Å². The number of benzene rings is 3. The van der Waals surface area contributed by atoms with Gasteiger partial charge in [0.15, 0.2) is 11.0 Å². The van der Waals surface area contributed by atoms with Crippen molar-refractivity contribution < 1.29 is 22.7 Å². The summed E-state index contributed by atoms with van der Waals surface area (Å²) in [5, 5.41) is 17.6. The topological polar surface area (TPSA) is 108 Å². The quantitative estimate of drug-likeness (QED) is 0.250. The number of anilines is 1. The number of nitriles is 1. The number of hydrogen-bond donors (Lipinski definition) is 1. The van der Waals surface area contributed by atoms with Crippen molar-refractivity contribution in [2.75, 3.05) is 23.7 Å². The largest absolute Gasteiger partial charge is 0.573 e. The molecule has 4 aromatic rings. The minimum atomic E-state index is -4.77. The van der Waals surface area contributed by atoms with Gasteiger partial charge < -0.3 is 15.0 Å². The average Bonchev–Trinajstić information content (AvgIpc) is 3.68. The molecule has 13 heteroatoms. The van der Waals surface area contributed by atoms with Crippen LogP contribution in [0.15, 0.2) is 84.1 Å². The summed E-state index contributed by atoms with van der Waals surface area (Å²) in [5.41, 5.74) is 4.11. The molecule has 3 aromatic carbocycles. The summed E-state index contributed by atoms with van der Waals surface area (Å²) in [6.45, 7) is 2.94. The van der Waals surface area contributed by atoms with Crippen LogP contribution < -0.4 is 15.0 Å². The Morgan fingerprint density at radius 3 is 2.58 bits per heavy atom. The Morgan fingerprint density at radius 2 is 1.88 bits per heavy atom. The second-order valence-electron chi connectivity index (χ2n) is 9.42. The highest BCUT2D eigenvalue weighted by Crippen LogP contribution is 2.29. The van der Waals surface area contributed by atoms with E-state index in [1.165, 1.54) is 52.6 Å². The molecule has 2 heterocycles. The number of alkyl halides is 3. The van der Waals surface area contributed by atoms with Gasteiger partial charge in [-0.1, -0.05) is 61.2 Å². The summed E-state index contributed by atoms with van der Waals surface area (Å²) in [7, 11) is 0. The number of nitrogens with zero attached hydrogens (tertiary/aromatic N) is 6. The summed E-state index contributed by atoms with van der Waals surface area (Å²) in [6.07, 6.45) is -2.45. The number of para-hydroxylation sites is 1. The Morgan fingerprint density at radius 1 is 1.14 bits per heavy atom. The normalized spacial score (nSPS) is 14.9. The molecule has 1 aliphatic heterocycles. The molecule has 2 amide bonds. The highest BCUT2D eigenvalue weighted by molar-refractivity contribution is 8.14. The fraction of sp³-hybridized carbons (Fsp3) is 0.233. The molecule has 0 radical (unpaired) electrons. The van der Waals surface area contributed by atoms with E-state index in [9.17, 15) is 23.2 Å². The predicted molar refractivity (Wildman–Crippen MR) is 158 cm³/mol. The number of aliphatic imine (C=N–C) groups is 1. The number of thioether (sulfide) groups is 1. The predicted octanol–water partition coefficient (Wildman–Crippen LogP) is 6.32. The Balaban J connectivity index is 1.20. The zero-order valence-corrected chi connectivity index (χ0v) is 23.8. The maximum atomic E-state index is 12.7. The number of nitrogens with one attached hydrogen (secondary N) is 1. The average molecular weight is 606 g/mol. The smallest absolute Gasteiger partial charge is 0.406 e. The number of amides is 2. The molecule has 1 N–H and O–H groups in total. The minimum Gasteiger partial charge on any atom is -0.406 e. The Labute approximate surface area is 250 Å². The fourth-order valence-electron chi connectivity index (χ4n) is 4.53. The maximum Gasteiger partial charge on any atom is 0.573 e. The summed E-state index contributed by atoms with van der Waals surface area (Å²) in [5.74, 6) is 0.283. The van der Waals surface area contributed by atoms with Crippen LogP contribution in [0.3, 0.4) is 0 Å². The van der Waals surface area contributed by atoms with Crippen molar-refractivity contribution in [2.45, 2.75) is 25.6 Å². The molecule has 1 saturated heterocycles. The third-order valence-electron chi connectivity index (χ3n) is 6.65. The first-order valence-electron chi connectivity index (χ1n) is 13.4. The van der Waals surface area contributed by atoms with Crippen LogP contribution in [0.1, 0.15) is 24.0 Å². The second-order valence-corrected chi connectivity index (χ2v) is 10.5. The van der Waals surface area contributed by atoms with Gasteiger partial charge in [0.1, 0.15) is 12.1 Å². The number of hydrogen-bond acceptors (Lipinski definition) is 6. The van der Waals surface area contributed by atoms with Crippen molar-refractivity contribution >= 4 is 28.6 Å². The van der Waals surface area contributed by atoms with Crippen LogP contribution in [0.4, 0.5) is 23.7 Å². The van der Waals surface area contributed by atoms with Crippen molar-refractivity contribution in [1.29, 1.82) is 5.26 Å². The van der Waals surface area contributed by atoms with E-state index in [0.717, 1.165) is 24.4 Å². The first-order valence-corrected chi connectivity index (χ1v) is 14.3. The monoisotopic (exact) mass is 605 g/mol. The lowest BCUT2D eigenvalue weighted by Crippen LogP contribution is -2.30. The van der Waals surface area contributed by atoms with Gasteiger partial charge in [-0.05, 0) is 47.9 Å². The van der Waals surface area contributed by atoms with Crippen molar-refractivity contribution in [1.82, 2.24) is 20.1 Å². The lowest BCUT2D eigenvalue weighted by atomic mass is 9.99. The molecule has 1 aliphatic rings. The van der Waals surface area contributed by atoms with Crippen LogP contribution in [0.2, 0.25) is 0 Å². The summed E-state index contributed by atoms with van der Waals surface area (Å²) in [6, 6.07) is 22.1. The number of amidine groups is 1. The van der Waals surface area contributed by atoms with Gasteiger partial charge in [-0.25, -0.2) is 14.5 Å². The van der Waals surface area contributed by atoms with E-state index < -0.39 is 18.3 Å². The van der Waals surface area contributed by atoms with Crippen molar-refractivity contribution in [3.05, 3.63) is 90.3 Å². The zero-order valence-electron chi connectivity index (χ0n) is 23.0. The van der Waals surface area contributed by atoms with E-state index >= 15 is 0 Å². The molecule has 0 spiro atoms. The molecular formula is C30H26F3N7O2S. The van der Waals surface area contributed by atoms with Gasteiger partial charge in [0.25, 0.3) is 0 Å². The Bertz CT molecular complexity index is 1650. The molecule has 1 atom stereocenters. The number of urea groups is 1. The summed E-state index contributed by atoms with van der Waals surface area (Å²) >= 11 is 1.52. The van der Waals surface area contributed by atoms with Gasteiger partial charge in [0.05, 0.1) is 17.7 Å². The van der Waals surface area contributed by atoms with Crippen LogP contribution in [0, 0.1) is 11.3 Å². The molecule has 220 valence electrons. The van der Waals surface area contributed by atoms with E-state index in [4.69, 9.17) is 0 Å². The molecule has 9 nitrogen and oxygen atoms in total. The van der Waals surface area contributed by atoms with Gasteiger partial charge in [0.2, 0.25) is 0 Å². The Hall–Kier alpha value is -4.83. The number of aryl methyl sites for hydroxylation is 1. The van der Waals surface area contributed by atoms with Crippen molar-refractivity contribution in [2.24, 2.45) is 4.99 Å². The SMILES string of the molecule is CCc1ccccc1N1CCS/C1=N\C(=O)NCC(C#N)c1ccc(-c2ncn(-c3ccc(OC(F)(F)F)cc3)n2)cc1. The van der Waals surface area contributed by atoms with Gasteiger partial charge in [-0.15, -0.1) is 18.3 Å². The molecule has 43 heavy (non-hydrogen) atoms. The number of halogens is 3. The standard InChI is InChI=1S/C30H26F3N7O2S/c1-2-20-5-3-4-6-26(20)39-15-16-43-29(39)37-28(41)35-18-23(17-34)21-7-9-22(10-8-21)27-36-19-40(38-27)24-11-13-25(14-12-24)42-30(31,32)33/h3-14,19,23H,2,15-16,18H2,1H3,(H,35,41)/b37-29-. The van der Waals surface area contributed by atoms with E-state index in [1.807, 2.05) is 18.2 Å². The second kappa shape index (κ2) is 13.0. The number of carbonyl (C=O) groups is 1. The lowest BCUT2D eigenvalue weighted by Gasteiger charge is -2.21. The van der Waals surface area contributed by atoms with Gasteiger partial charge in [-0.3, -0.25) is 0 Å². The van der Waals surface area contributed by atoms with E-state index in [1.54, 1.807) is 24.3 Å². The number of aromatic nitrogens is 3. The van der Waals surface area contributed by atoms with Gasteiger partial charge in [0, 0.05) is 30.1 Å².